The van der Waals surface area contributed by atoms with Crippen LogP contribution in [0.15, 0.2) is 18.2 Å². The van der Waals surface area contributed by atoms with Gasteiger partial charge < -0.3 is 19.9 Å². The van der Waals surface area contributed by atoms with E-state index in [1.54, 1.807) is 18.2 Å². The second-order valence-electron chi connectivity index (χ2n) is 5.18. The van der Waals surface area contributed by atoms with E-state index in [1.165, 1.54) is 18.3 Å². The number of hydrogen-bond acceptors (Lipinski definition) is 6. The third-order valence-electron chi connectivity index (χ3n) is 3.56. The summed E-state index contributed by atoms with van der Waals surface area (Å²) in [6.07, 6.45) is 0. The Hall–Kier alpha value is -2.54. The van der Waals surface area contributed by atoms with Gasteiger partial charge in [-0.3, -0.25) is 4.79 Å². The number of thiophene rings is 1. The molecule has 7 heteroatoms. The number of nitrogens with one attached hydrogen (secondary N) is 1. The molecular formula is C16H15NO5S. The predicted octanol–water partition coefficient (Wildman–Crippen LogP) is 3.30. The van der Waals surface area contributed by atoms with E-state index >= 15 is 0 Å². The summed E-state index contributed by atoms with van der Waals surface area (Å²) < 4.78 is 10.6. The molecule has 1 aliphatic heterocycles. The van der Waals surface area contributed by atoms with E-state index in [0.717, 1.165) is 10.4 Å². The number of aryl methyl sites for hydroxylation is 1. The van der Waals surface area contributed by atoms with Crippen LogP contribution in [0.25, 0.3) is 0 Å². The number of benzene rings is 1. The topological polar surface area (TPSA) is 84.9 Å². The van der Waals surface area contributed by atoms with Crippen LogP contribution >= 0.6 is 11.3 Å². The van der Waals surface area contributed by atoms with Crippen molar-refractivity contribution in [1.29, 1.82) is 0 Å². The fourth-order valence-corrected chi connectivity index (χ4v) is 3.31. The Labute approximate surface area is 136 Å². The molecule has 0 saturated carbocycles. The quantitative estimate of drug-likeness (QED) is 0.817. The first-order chi connectivity index (χ1) is 11.0. The van der Waals surface area contributed by atoms with E-state index in [9.17, 15) is 9.59 Å². The van der Waals surface area contributed by atoms with Crippen molar-refractivity contribution in [2.75, 3.05) is 12.1 Å². The second kappa shape index (κ2) is 5.92. The number of hydrogen-bond donors (Lipinski definition) is 2. The lowest BCUT2D eigenvalue weighted by molar-refractivity contribution is 0.0702. The molecule has 1 aliphatic rings. The number of carboxylic acids is 1. The fourth-order valence-electron chi connectivity index (χ4n) is 2.36. The Morgan fingerprint density at radius 3 is 2.57 bits per heavy atom. The van der Waals surface area contributed by atoms with Gasteiger partial charge in [-0.2, -0.15) is 0 Å². The molecule has 0 atom stereocenters. The molecule has 6 nitrogen and oxygen atoms in total. The number of anilines is 1. The number of Topliss-reactive ketones (excluding diaryl/α,β-unsaturated/α-hetero) is 1. The molecule has 0 aliphatic carbocycles. The van der Waals surface area contributed by atoms with Crippen molar-refractivity contribution in [3.8, 4) is 11.5 Å². The van der Waals surface area contributed by atoms with Crippen molar-refractivity contribution in [2.45, 2.75) is 20.4 Å². The molecule has 1 aromatic carbocycles. The zero-order chi connectivity index (χ0) is 16.6. The second-order valence-corrected chi connectivity index (χ2v) is 6.32. The van der Waals surface area contributed by atoms with E-state index in [4.69, 9.17) is 14.6 Å². The molecule has 0 spiro atoms. The molecule has 0 unspecified atom stereocenters. The van der Waals surface area contributed by atoms with Crippen LogP contribution in [0, 0.1) is 6.92 Å². The van der Waals surface area contributed by atoms with Gasteiger partial charge in [-0.15, -0.1) is 11.3 Å². The fraction of sp³-hybridized carbons (Fsp3) is 0.250. The van der Waals surface area contributed by atoms with Crippen LogP contribution in [0.1, 0.15) is 37.4 Å². The Kier molecular flexibility index (Phi) is 3.96. The molecule has 0 fully saturated rings. The van der Waals surface area contributed by atoms with Crippen molar-refractivity contribution in [1.82, 2.24) is 0 Å². The van der Waals surface area contributed by atoms with Crippen LogP contribution in [0.3, 0.4) is 0 Å². The highest BCUT2D eigenvalue weighted by Gasteiger charge is 2.19. The van der Waals surface area contributed by atoms with Gasteiger partial charge in [0.2, 0.25) is 6.79 Å². The zero-order valence-corrected chi connectivity index (χ0v) is 13.5. The molecule has 2 aromatic rings. The maximum absolute atomic E-state index is 11.8. The minimum atomic E-state index is -0.933. The number of ether oxygens (including phenoxy) is 2. The summed E-state index contributed by atoms with van der Waals surface area (Å²) >= 11 is 1.22. The van der Waals surface area contributed by atoms with E-state index in [2.05, 4.69) is 5.32 Å². The number of fused-ring (bicyclic) bond motifs is 1. The highest BCUT2D eigenvalue weighted by Crippen LogP contribution is 2.37. The third-order valence-corrected chi connectivity index (χ3v) is 4.79. The summed E-state index contributed by atoms with van der Waals surface area (Å²) in [5.74, 6) is 0.129. The number of carbonyl (C=O) groups excluding carboxylic acids is 1. The summed E-state index contributed by atoms with van der Waals surface area (Å²) in [4.78, 5) is 24.1. The van der Waals surface area contributed by atoms with Crippen molar-refractivity contribution in [2.24, 2.45) is 0 Å². The average Bonchev–Trinajstić information content (AvgIpc) is 3.09. The van der Waals surface area contributed by atoms with Crippen molar-refractivity contribution >= 4 is 28.8 Å². The molecule has 2 heterocycles. The minimum absolute atomic E-state index is 0.0834. The van der Waals surface area contributed by atoms with Crippen LogP contribution in [-0.4, -0.2) is 23.7 Å². The Balaban J connectivity index is 1.85. The summed E-state index contributed by atoms with van der Waals surface area (Å²) in [7, 11) is 0. The van der Waals surface area contributed by atoms with Gasteiger partial charge in [0.25, 0.3) is 0 Å². The van der Waals surface area contributed by atoms with Crippen LogP contribution in [0.4, 0.5) is 5.69 Å². The summed E-state index contributed by atoms with van der Waals surface area (Å²) in [5, 5.41) is 12.2. The summed E-state index contributed by atoms with van der Waals surface area (Å²) in [5.41, 5.74) is 2.07. The maximum atomic E-state index is 11.8. The number of aromatic carboxylic acids is 1. The number of ketones is 1. The highest BCUT2D eigenvalue weighted by atomic mass is 32.1. The van der Waals surface area contributed by atoms with Crippen LogP contribution in [-0.2, 0) is 6.54 Å². The van der Waals surface area contributed by atoms with Gasteiger partial charge >= 0.3 is 5.97 Å². The van der Waals surface area contributed by atoms with Gasteiger partial charge in [-0.25, -0.2) is 4.79 Å². The Bertz CT molecular complexity index is 796. The lowest BCUT2D eigenvalue weighted by atomic mass is 10.1. The maximum Gasteiger partial charge on any atom is 0.345 e. The molecule has 0 saturated heterocycles. The normalized spacial score (nSPS) is 12.3. The lowest BCUT2D eigenvalue weighted by Gasteiger charge is -2.11. The van der Waals surface area contributed by atoms with Crippen LogP contribution in [0.2, 0.25) is 0 Å². The van der Waals surface area contributed by atoms with Crippen molar-refractivity contribution < 1.29 is 24.2 Å². The van der Waals surface area contributed by atoms with Crippen molar-refractivity contribution in [3.05, 3.63) is 39.1 Å². The SMILES string of the molecule is CC(=O)c1cc2c(cc1NCc1sc(C(=O)O)cc1C)OCO2. The van der Waals surface area contributed by atoms with E-state index in [-0.39, 0.29) is 12.6 Å². The lowest BCUT2D eigenvalue weighted by Crippen LogP contribution is -2.05. The molecule has 0 amide bonds. The molecular weight excluding hydrogens is 318 g/mol. The molecule has 0 radical (unpaired) electrons. The van der Waals surface area contributed by atoms with E-state index in [0.29, 0.717) is 34.2 Å². The smallest absolute Gasteiger partial charge is 0.345 e. The highest BCUT2D eigenvalue weighted by molar-refractivity contribution is 7.14. The molecule has 1 aromatic heterocycles. The largest absolute Gasteiger partial charge is 0.477 e. The van der Waals surface area contributed by atoms with Gasteiger partial charge in [-0.1, -0.05) is 0 Å². The van der Waals surface area contributed by atoms with Gasteiger partial charge in [0.1, 0.15) is 4.88 Å². The van der Waals surface area contributed by atoms with Crippen molar-refractivity contribution in [3.63, 3.8) is 0 Å². The first kappa shape index (κ1) is 15.4. The Morgan fingerprint density at radius 2 is 1.96 bits per heavy atom. The molecule has 0 bridgehead atoms. The zero-order valence-electron chi connectivity index (χ0n) is 12.6. The van der Waals surface area contributed by atoms with E-state index in [1.807, 2.05) is 6.92 Å². The average molecular weight is 333 g/mol. The summed E-state index contributed by atoms with van der Waals surface area (Å²) in [6.45, 7) is 3.93. The van der Waals surface area contributed by atoms with Gasteiger partial charge in [-0.05, 0) is 31.5 Å². The van der Waals surface area contributed by atoms with Gasteiger partial charge in [0.05, 0.1) is 0 Å². The van der Waals surface area contributed by atoms with Crippen LogP contribution in [0.5, 0.6) is 11.5 Å². The van der Waals surface area contributed by atoms with Gasteiger partial charge in [0, 0.05) is 28.7 Å². The minimum Gasteiger partial charge on any atom is -0.477 e. The molecule has 3 rings (SSSR count). The first-order valence-electron chi connectivity index (χ1n) is 6.96. The molecule has 120 valence electrons. The Morgan fingerprint density at radius 1 is 1.26 bits per heavy atom. The van der Waals surface area contributed by atoms with Gasteiger partial charge in [0.15, 0.2) is 17.3 Å². The van der Waals surface area contributed by atoms with E-state index < -0.39 is 5.97 Å². The number of carbonyl (C=O) groups is 2. The number of carboxylic acid groups (broad SMARTS) is 1. The monoisotopic (exact) mass is 333 g/mol. The first-order valence-corrected chi connectivity index (χ1v) is 7.78. The number of rotatable bonds is 5. The molecule has 2 N–H and O–H groups in total. The third kappa shape index (κ3) is 3.00. The summed E-state index contributed by atoms with van der Waals surface area (Å²) in [6, 6.07) is 5.05. The standard InChI is InChI=1S/C16H15NO5S/c1-8-3-14(16(19)20)23-15(8)6-17-11-5-13-12(21-7-22-13)4-10(11)9(2)18/h3-5,17H,6-7H2,1-2H3,(H,19,20). The van der Waals surface area contributed by atoms with Crippen LogP contribution < -0.4 is 14.8 Å². The predicted molar refractivity (Wildman–Crippen MR) is 85.9 cm³/mol. The molecule has 23 heavy (non-hydrogen) atoms.